The second kappa shape index (κ2) is 10.2. The number of amides is 2. The van der Waals surface area contributed by atoms with E-state index in [0.717, 1.165) is 5.56 Å². The van der Waals surface area contributed by atoms with Gasteiger partial charge >= 0.3 is 12.2 Å². The van der Waals surface area contributed by atoms with E-state index in [1.165, 1.54) is 7.11 Å². The molecular formula is C18H28N4O5. The molecule has 0 fully saturated rings. The van der Waals surface area contributed by atoms with E-state index in [1.807, 2.05) is 13.0 Å². The molecule has 9 heteroatoms. The number of carbonyl (C=O) groups excluding carboxylic acids is 1. The molecule has 1 aromatic rings. The number of carboxylic acid groups (broad SMARTS) is 1. The van der Waals surface area contributed by atoms with Gasteiger partial charge in [0.15, 0.2) is 0 Å². The van der Waals surface area contributed by atoms with Gasteiger partial charge in [0, 0.05) is 24.8 Å². The summed E-state index contributed by atoms with van der Waals surface area (Å²) < 4.78 is 10.6. The van der Waals surface area contributed by atoms with Crippen LogP contribution in [0.5, 0.6) is 5.75 Å². The van der Waals surface area contributed by atoms with E-state index in [2.05, 4.69) is 20.9 Å². The van der Waals surface area contributed by atoms with Gasteiger partial charge in [-0.25, -0.2) is 9.59 Å². The fourth-order valence-electron chi connectivity index (χ4n) is 2.14. The molecule has 2 amide bonds. The van der Waals surface area contributed by atoms with Crippen molar-refractivity contribution >= 4 is 23.8 Å². The SMILES string of the molecule is CCN=C(NC(=O)OC(C)(C)C)Nc1ccc(CCNC(=O)O)c(OC)c1. The Bertz CT molecular complexity index is 683. The number of benzene rings is 1. The Labute approximate surface area is 159 Å². The summed E-state index contributed by atoms with van der Waals surface area (Å²) in [5, 5.41) is 16.6. The van der Waals surface area contributed by atoms with Crippen LogP contribution in [0.1, 0.15) is 33.3 Å². The highest BCUT2D eigenvalue weighted by Gasteiger charge is 2.17. The van der Waals surface area contributed by atoms with Crippen LogP contribution in [0.25, 0.3) is 0 Å². The number of carbonyl (C=O) groups is 2. The van der Waals surface area contributed by atoms with Gasteiger partial charge in [-0.15, -0.1) is 0 Å². The van der Waals surface area contributed by atoms with E-state index < -0.39 is 17.8 Å². The minimum absolute atomic E-state index is 0.258. The maximum absolute atomic E-state index is 12.0. The molecule has 4 N–H and O–H groups in total. The molecule has 1 aromatic carbocycles. The molecule has 0 aliphatic heterocycles. The Morgan fingerprint density at radius 3 is 2.52 bits per heavy atom. The van der Waals surface area contributed by atoms with Gasteiger partial charge in [-0.3, -0.25) is 10.3 Å². The fourth-order valence-corrected chi connectivity index (χ4v) is 2.14. The first kappa shape index (κ1) is 22.1. The van der Waals surface area contributed by atoms with E-state index in [4.69, 9.17) is 14.6 Å². The number of ether oxygens (including phenoxy) is 2. The predicted molar refractivity (Wildman–Crippen MR) is 104 cm³/mol. The Morgan fingerprint density at radius 1 is 1.26 bits per heavy atom. The lowest BCUT2D eigenvalue weighted by Gasteiger charge is -2.20. The van der Waals surface area contributed by atoms with Gasteiger partial charge < -0.3 is 25.2 Å². The third-order valence-electron chi connectivity index (χ3n) is 3.16. The van der Waals surface area contributed by atoms with Gasteiger partial charge in [0.1, 0.15) is 11.4 Å². The third kappa shape index (κ3) is 8.80. The van der Waals surface area contributed by atoms with Gasteiger partial charge in [0.25, 0.3) is 0 Å². The van der Waals surface area contributed by atoms with Crippen molar-refractivity contribution in [3.63, 3.8) is 0 Å². The lowest BCUT2D eigenvalue weighted by Crippen LogP contribution is -2.40. The van der Waals surface area contributed by atoms with E-state index >= 15 is 0 Å². The van der Waals surface area contributed by atoms with E-state index in [9.17, 15) is 9.59 Å². The van der Waals surface area contributed by atoms with Crippen LogP contribution in [-0.2, 0) is 11.2 Å². The summed E-state index contributed by atoms with van der Waals surface area (Å²) in [6, 6.07) is 5.36. The number of guanidine groups is 1. The largest absolute Gasteiger partial charge is 0.496 e. The van der Waals surface area contributed by atoms with Crippen LogP contribution in [0.3, 0.4) is 0 Å². The van der Waals surface area contributed by atoms with Crippen molar-refractivity contribution in [3.05, 3.63) is 23.8 Å². The zero-order valence-corrected chi connectivity index (χ0v) is 16.4. The van der Waals surface area contributed by atoms with E-state index in [-0.39, 0.29) is 12.5 Å². The van der Waals surface area contributed by atoms with E-state index in [0.29, 0.717) is 24.4 Å². The minimum atomic E-state index is -1.07. The summed E-state index contributed by atoms with van der Waals surface area (Å²) in [5.41, 5.74) is 0.895. The molecule has 0 aliphatic rings. The normalized spacial score (nSPS) is 11.5. The molecule has 9 nitrogen and oxygen atoms in total. The van der Waals surface area contributed by atoms with Crippen LogP contribution in [-0.4, -0.2) is 49.1 Å². The zero-order chi connectivity index (χ0) is 20.4. The summed E-state index contributed by atoms with van der Waals surface area (Å²) in [7, 11) is 1.53. The monoisotopic (exact) mass is 380 g/mol. The smallest absolute Gasteiger partial charge is 0.414 e. The molecule has 0 radical (unpaired) electrons. The standard InChI is InChI=1S/C18H28N4O5/c1-6-19-15(22-17(25)27-18(2,3)4)21-13-8-7-12(14(11-13)26-5)9-10-20-16(23)24/h7-8,11,20H,6,9-10H2,1-5H3,(H,23,24)(H2,19,21,22,25). The molecular weight excluding hydrogens is 352 g/mol. The molecule has 0 heterocycles. The molecule has 0 atom stereocenters. The highest BCUT2D eigenvalue weighted by molar-refractivity contribution is 6.02. The number of anilines is 1. The molecule has 0 bridgehead atoms. The number of hydrogen-bond donors (Lipinski definition) is 4. The first-order valence-corrected chi connectivity index (χ1v) is 8.59. The first-order chi connectivity index (χ1) is 12.6. The van der Waals surface area contributed by atoms with Crippen molar-refractivity contribution < 1.29 is 24.2 Å². The van der Waals surface area contributed by atoms with Crippen molar-refractivity contribution in [3.8, 4) is 5.75 Å². The average molecular weight is 380 g/mol. The maximum atomic E-state index is 12.0. The Balaban J connectivity index is 2.83. The maximum Gasteiger partial charge on any atom is 0.414 e. The molecule has 0 unspecified atom stereocenters. The summed E-state index contributed by atoms with van der Waals surface area (Å²) in [5.74, 6) is 0.856. The summed E-state index contributed by atoms with van der Waals surface area (Å²) in [6.45, 7) is 7.92. The Hall–Kier alpha value is -2.97. The van der Waals surface area contributed by atoms with Gasteiger partial charge in [-0.2, -0.15) is 0 Å². The third-order valence-corrected chi connectivity index (χ3v) is 3.16. The van der Waals surface area contributed by atoms with Gasteiger partial charge in [-0.1, -0.05) is 6.07 Å². The van der Waals surface area contributed by atoms with Crippen molar-refractivity contribution in [1.29, 1.82) is 0 Å². The average Bonchev–Trinajstić information content (AvgIpc) is 2.54. The number of methoxy groups -OCH3 is 1. The molecule has 0 spiro atoms. The van der Waals surface area contributed by atoms with Crippen LogP contribution in [0, 0.1) is 0 Å². The van der Waals surface area contributed by atoms with E-state index in [1.54, 1.807) is 32.9 Å². The highest BCUT2D eigenvalue weighted by Crippen LogP contribution is 2.23. The van der Waals surface area contributed by atoms with Crippen LogP contribution in [0.15, 0.2) is 23.2 Å². The Morgan fingerprint density at radius 2 is 1.96 bits per heavy atom. The minimum Gasteiger partial charge on any atom is -0.496 e. The molecule has 150 valence electrons. The highest BCUT2D eigenvalue weighted by atomic mass is 16.6. The van der Waals surface area contributed by atoms with Crippen molar-refractivity contribution in [1.82, 2.24) is 10.6 Å². The second-order valence-corrected chi connectivity index (χ2v) is 6.58. The van der Waals surface area contributed by atoms with Crippen molar-refractivity contribution in [2.24, 2.45) is 4.99 Å². The van der Waals surface area contributed by atoms with Crippen LogP contribution in [0.4, 0.5) is 15.3 Å². The molecule has 0 aromatic heterocycles. The fraction of sp³-hybridized carbons (Fsp3) is 0.500. The number of alkyl carbamates (subject to hydrolysis) is 1. The van der Waals surface area contributed by atoms with Crippen LogP contribution in [0.2, 0.25) is 0 Å². The number of aliphatic imine (C=N–C) groups is 1. The van der Waals surface area contributed by atoms with Crippen LogP contribution < -0.4 is 20.7 Å². The Kier molecular flexibility index (Phi) is 8.37. The first-order valence-electron chi connectivity index (χ1n) is 8.59. The summed E-state index contributed by atoms with van der Waals surface area (Å²) in [4.78, 5) is 26.7. The second-order valence-electron chi connectivity index (χ2n) is 6.58. The quantitative estimate of drug-likeness (QED) is 0.445. The zero-order valence-electron chi connectivity index (χ0n) is 16.4. The predicted octanol–water partition coefficient (Wildman–Crippen LogP) is 2.82. The van der Waals surface area contributed by atoms with Gasteiger partial charge in [-0.05, 0) is 45.7 Å². The molecule has 27 heavy (non-hydrogen) atoms. The number of rotatable bonds is 6. The molecule has 0 saturated carbocycles. The lowest BCUT2D eigenvalue weighted by molar-refractivity contribution is 0.0563. The summed E-state index contributed by atoms with van der Waals surface area (Å²) in [6.07, 6.45) is -1.19. The number of hydrogen-bond acceptors (Lipinski definition) is 5. The number of nitrogens with one attached hydrogen (secondary N) is 3. The molecule has 0 aliphatic carbocycles. The number of nitrogens with zero attached hydrogens (tertiary/aromatic N) is 1. The molecule has 0 saturated heterocycles. The van der Waals surface area contributed by atoms with Gasteiger partial charge in [0.05, 0.1) is 7.11 Å². The van der Waals surface area contributed by atoms with Gasteiger partial charge in [0.2, 0.25) is 5.96 Å². The van der Waals surface area contributed by atoms with Crippen molar-refractivity contribution in [2.45, 2.75) is 39.7 Å². The lowest BCUT2D eigenvalue weighted by atomic mass is 10.1. The molecule has 1 rings (SSSR count). The van der Waals surface area contributed by atoms with Crippen molar-refractivity contribution in [2.75, 3.05) is 25.5 Å². The topological polar surface area (TPSA) is 121 Å². The summed E-state index contributed by atoms with van der Waals surface area (Å²) >= 11 is 0. The van der Waals surface area contributed by atoms with Crippen LogP contribution >= 0.6 is 0 Å².